The van der Waals surface area contributed by atoms with E-state index in [1.165, 1.54) is 37.8 Å². The molecule has 0 spiro atoms. The number of nitrogens with zero attached hydrogens (tertiary/aromatic N) is 3. The second-order valence-corrected chi connectivity index (χ2v) is 9.29. The van der Waals surface area contributed by atoms with Crippen molar-refractivity contribution >= 4 is 11.9 Å². The lowest BCUT2D eigenvalue weighted by molar-refractivity contribution is 0.0556. The highest BCUT2D eigenvalue weighted by molar-refractivity contribution is 5.87. The van der Waals surface area contributed by atoms with Crippen LogP contribution in [0.4, 0.5) is 10.6 Å². The molecule has 1 atom stereocenters. The molecule has 28 heavy (non-hydrogen) atoms. The number of carbonyl (C=O) groups is 1. The van der Waals surface area contributed by atoms with Crippen molar-refractivity contribution in [2.75, 3.05) is 18.0 Å². The zero-order valence-corrected chi connectivity index (χ0v) is 18.1. The van der Waals surface area contributed by atoms with Crippen molar-refractivity contribution in [1.82, 2.24) is 9.88 Å². The summed E-state index contributed by atoms with van der Waals surface area (Å²) in [4.78, 5) is 22.1. The van der Waals surface area contributed by atoms with E-state index in [0.29, 0.717) is 6.04 Å². The van der Waals surface area contributed by atoms with E-state index in [0.717, 1.165) is 38.0 Å². The van der Waals surface area contributed by atoms with Crippen LogP contribution in [0.15, 0.2) is 18.3 Å². The molecule has 3 rings (SSSR count). The minimum atomic E-state index is -0.506. The van der Waals surface area contributed by atoms with Crippen LogP contribution in [0.2, 0.25) is 0 Å². The molecule has 156 valence electrons. The van der Waals surface area contributed by atoms with E-state index in [1.807, 2.05) is 37.9 Å². The molecule has 2 aliphatic rings. The third-order valence-corrected chi connectivity index (χ3v) is 5.81. The third-order valence-electron chi connectivity index (χ3n) is 5.81. The molecular weight excluding hydrogens is 350 g/mol. The van der Waals surface area contributed by atoms with Crippen LogP contribution < -0.4 is 4.90 Å². The number of amides is 1. The van der Waals surface area contributed by atoms with Gasteiger partial charge in [0.1, 0.15) is 11.4 Å². The van der Waals surface area contributed by atoms with E-state index in [2.05, 4.69) is 17.9 Å². The lowest BCUT2D eigenvalue weighted by Gasteiger charge is -2.35. The summed E-state index contributed by atoms with van der Waals surface area (Å²) in [5.74, 6) is 0.727. The van der Waals surface area contributed by atoms with E-state index in [1.54, 1.807) is 0 Å². The fraction of sp³-hybridized carbons (Fsp3) is 0.739. The first kappa shape index (κ1) is 21.1. The standard InChI is InChI=1S/C23H37N3O2/c1-5-15-25-16-9-12-20(25)18-13-14-21(24-17-18)26(19-10-7-6-8-11-19)22(27)28-23(2,3)4/h13-14,17,19-20H,5-12,15-16H2,1-4H3/t20-/m0/s1. The average molecular weight is 388 g/mol. The first-order valence-electron chi connectivity index (χ1n) is 11.1. The number of ether oxygens (including phenoxy) is 1. The van der Waals surface area contributed by atoms with E-state index in [9.17, 15) is 4.79 Å². The zero-order chi connectivity index (χ0) is 20.1. The van der Waals surface area contributed by atoms with Gasteiger partial charge in [-0.05, 0) is 77.6 Å². The van der Waals surface area contributed by atoms with Crippen LogP contribution in [0.1, 0.15) is 90.7 Å². The minimum absolute atomic E-state index is 0.185. The van der Waals surface area contributed by atoms with Gasteiger partial charge in [-0.3, -0.25) is 9.80 Å². The number of aromatic nitrogens is 1. The van der Waals surface area contributed by atoms with Crippen molar-refractivity contribution < 1.29 is 9.53 Å². The van der Waals surface area contributed by atoms with Gasteiger partial charge in [0, 0.05) is 18.3 Å². The molecule has 5 heteroatoms. The fourth-order valence-corrected chi connectivity index (χ4v) is 4.58. The number of likely N-dealkylation sites (tertiary alicyclic amines) is 1. The molecular formula is C23H37N3O2. The van der Waals surface area contributed by atoms with Crippen LogP contribution in [0.25, 0.3) is 0 Å². The van der Waals surface area contributed by atoms with Gasteiger partial charge < -0.3 is 4.74 Å². The Labute approximate surface area is 170 Å². The largest absolute Gasteiger partial charge is 0.443 e. The van der Waals surface area contributed by atoms with Crippen molar-refractivity contribution in [3.8, 4) is 0 Å². The molecule has 5 nitrogen and oxygen atoms in total. The third kappa shape index (κ3) is 5.25. The summed E-state index contributed by atoms with van der Waals surface area (Å²) in [5, 5.41) is 0. The number of hydrogen-bond acceptors (Lipinski definition) is 4. The molecule has 1 saturated carbocycles. The maximum absolute atomic E-state index is 13.0. The van der Waals surface area contributed by atoms with Gasteiger partial charge in [0.2, 0.25) is 0 Å². The monoisotopic (exact) mass is 387 g/mol. The first-order valence-corrected chi connectivity index (χ1v) is 11.1. The summed E-state index contributed by atoms with van der Waals surface area (Å²) in [5.41, 5.74) is 0.761. The summed E-state index contributed by atoms with van der Waals surface area (Å²) >= 11 is 0. The Hall–Kier alpha value is -1.62. The summed E-state index contributed by atoms with van der Waals surface area (Å²) in [7, 11) is 0. The zero-order valence-electron chi connectivity index (χ0n) is 18.1. The molecule has 0 N–H and O–H groups in total. The molecule has 2 fully saturated rings. The second-order valence-electron chi connectivity index (χ2n) is 9.29. The lowest BCUT2D eigenvalue weighted by atomic mass is 9.94. The van der Waals surface area contributed by atoms with Crippen molar-refractivity contribution in [3.05, 3.63) is 23.9 Å². The van der Waals surface area contributed by atoms with Gasteiger partial charge in [0.05, 0.1) is 0 Å². The van der Waals surface area contributed by atoms with Crippen LogP contribution in [-0.4, -0.2) is 40.7 Å². The summed E-state index contributed by atoms with van der Waals surface area (Å²) in [6.45, 7) is 10.3. The van der Waals surface area contributed by atoms with Gasteiger partial charge >= 0.3 is 6.09 Å². The highest BCUT2D eigenvalue weighted by atomic mass is 16.6. The fourth-order valence-electron chi connectivity index (χ4n) is 4.58. The summed E-state index contributed by atoms with van der Waals surface area (Å²) in [6, 6.07) is 4.84. The maximum atomic E-state index is 13.0. The van der Waals surface area contributed by atoms with E-state index in [-0.39, 0.29) is 12.1 Å². The smallest absolute Gasteiger partial charge is 0.416 e. The molecule has 0 unspecified atom stereocenters. The normalized spacial score (nSPS) is 21.6. The van der Waals surface area contributed by atoms with Crippen LogP contribution in [0, 0.1) is 0 Å². The molecule has 0 bridgehead atoms. The predicted molar refractivity (Wildman–Crippen MR) is 114 cm³/mol. The van der Waals surface area contributed by atoms with Crippen molar-refractivity contribution in [2.45, 2.75) is 96.7 Å². The Morgan fingerprint density at radius 2 is 1.93 bits per heavy atom. The van der Waals surface area contributed by atoms with E-state index >= 15 is 0 Å². The van der Waals surface area contributed by atoms with Crippen molar-refractivity contribution in [2.24, 2.45) is 0 Å². The second kappa shape index (κ2) is 9.25. The SMILES string of the molecule is CCCN1CCC[C@H]1c1ccc(N(C(=O)OC(C)(C)C)C2CCCCC2)nc1. The Kier molecular flexibility index (Phi) is 6.97. The van der Waals surface area contributed by atoms with Gasteiger partial charge in [0.25, 0.3) is 0 Å². The lowest BCUT2D eigenvalue weighted by Crippen LogP contribution is -2.45. The molecule has 1 aromatic rings. The molecule has 1 aromatic heterocycles. The molecule has 1 saturated heterocycles. The Balaban J connectivity index is 1.80. The topological polar surface area (TPSA) is 45.7 Å². The van der Waals surface area contributed by atoms with E-state index < -0.39 is 5.60 Å². The van der Waals surface area contributed by atoms with Crippen molar-refractivity contribution in [1.29, 1.82) is 0 Å². The quantitative estimate of drug-likeness (QED) is 0.650. The number of pyridine rings is 1. The summed E-state index contributed by atoms with van der Waals surface area (Å²) < 4.78 is 5.73. The minimum Gasteiger partial charge on any atom is -0.443 e. The molecule has 0 aromatic carbocycles. The van der Waals surface area contributed by atoms with Crippen LogP contribution in [0.5, 0.6) is 0 Å². The van der Waals surface area contributed by atoms with Gasteiger partial charge in [-0.25, -0.2) is 9.78 Å². The van der Waals surface area contributed by atoms with Gasteiger partial charge in [-0.2, -0.15) is 0 Å². The van der Waals surface area contributed by atoms with Gasteiger partial charge in [0.15, 0.2) is 0 Å². The first-order chi connectivity index (χ1) is 13.4. The average Bonchev–Trinajstić information content (AvgIpc) is 3.11. The van der Waals surface area contributed by atoms with E-state index in [4.69, 9.17) is 9.72 Å². The number of hydrogen-bond donors (Lipinski definition) is 0. The highest BCUT2D eigenvalue weighted by Crippen LogP contribution is 2.33. The van der Waals surface area contributed by atoms with Gasteiger partial charge in [-0.15, -0.1) is 0 Å². The molecule has 1 aliphatic carbocycles. The van der Waals surface area contributed by atoms with Crippen LogP contribution >= 0.6 is 0 Å². The number of anilines is 1. The highest BCUT2D eigenvalue weighted by Gasteiger charge is 2.32. The Morgan fingerprint density at radius 1 is 1.18 bits per heavy atom. The number of rotatable bonds is 5. The van der Waals surface area contributed by atoms with Crippen LogP contribution in [-0.2, 0) is 4.74 Å². The Bertz CT molecular complexity index is 632. The maximum Gasteiger partial charge on any atom is 0.416 e. The predicted octanol–water partition coefficient (Wildman–Crippen LogP) is 5.70. The van der Waals surface area contributed by atoms with Crippen LogP contribution in [0.3, 0.4) is 0 Å². The van der Waals surface area contributed by atoms with Crippen molar-refractivity contribution in [3.63, 3.8) is 0 Å². The molecule has 1 amide bonds. The molecule has 0 radical (unpaired) electrons. The summed E-state index contributed by atoms with van der Waals surface area (Å²) in [6.07, 6.45) is 11.0. The Morgan fingerprint density at radius 3 is 2.54 bits per heavy atom. The molecule has 2 heterocycles. The number of carbonyl (C=O) groups excluding carboxylic acids is 1. The molecule has 1 aliphatic heterocycles. The van der Waals surface area contributed by atoms with Gasteiger partial charge in [-0.1, -0.05) is 32.3 Å².